The van der Waals surface area contributed by atoms with Gasteiger partial charge in [0, 0.05) is 12.1 Å². The molecular weight excluding hydrogens is 346 g/mol. The fraction of sp³-hybridized carbons (Fsp3) is 0.900. The first-order chi connectivity index (χ1) is 12.1. The van der Waals surface area contributed by atoms with Crippen molar-refractivity contribution < 1.29 is 19.1 Å². The van der Waals surface area contributed by atoms with Crippen LogP contribution in [0.1, 0.15) is 74.7 Å². The second kappa shape index (κ2) is 8.67. The first kappa shape index (κ1) is 23.5. The Kier molecular flexibility index (Phi) is 7.56. The molecule has 0 aromatic heterocycles. The summed E-state index contributed by atoms with van der Waals surface area (Å²) < 4.78 is 10.7. The van der Waals surface area contributed by atoms with Gasteiger partial charge in [0.1, 0.15) is 11.2 Å². The average molecular weight is 386 g/mol. The highest BCUT2D eigenvalue weighted by molar-refractivity contribution is 5.68. The molecule has 4 N–H and O–H groups in total. The van der Waals surface area contributed by atoms with Crippen molar-refractivity contribution in [1.82, 2.24) is 10.6 Å². The first-order valence-corrected chi connectivity index (χ1v) is 9.84. The molecule has 0 bridgehead atoms. The van der Waals surface area contributed by atoms with E-state index in [1.165, 1.54) is 0 Å². The molecule has 1 rings (SSSR count). The molecule has 0 saturated heterocycles. The normalized spacial score (nSPS) is 19.4. The van der Waals surface area contributed by atoms with Crippen LogP contribution in [0, 0.1) is 11.3 Å². The van der Waals surface area contributed by atoms with Gasteiger partial charge in [0.2, 0.25) is 0 Å². The zero-order valence-corrected chi connectivity index (χ0v) is 18.3. The Bertz CT molecular complexity index is 518. The van der Waals surface area contributed by atoms with E-state index in [2.05, 4.69) is 17.6 Å². The van der Waals surface area contributed by atoms with Crippen molar-refractivity contribution >= 4 is 12.2 Å². The zero-order chi connectivity index (χ0) is 21.0. The summed E-state index contributed by atoms with van der Waals surface area (Å²) in [7, 11) is 0. The molecule has 27 heavy (non-hydrogen) atoms. The molecule has 1 aliphatic rings. The van der Waals surface area contributed by atoms with Gasteiger partial charge < -0.3 is 25.8 Å². The van der Waals surface area contributed by atoms with Crippen LogP contribution in [0.15, 0.2) is 0 Å². The quantitative estimate of drug-likeness (QED) is 0.622. The van der Waals surface area contributed by atoms with Crippen LogP contribution >= 0.6 is 0 Å². The zero-order valence-electron chi connectivity index (χ0n) is 18.3. The third-order valence-electron chi connectivity index (χ3n) is 4.86. The number of amides is 2. The number of ether oxygens (including phenoxy) is 2. The number of nitrogens with two attached hydrogens (primary N) is 1. The Morgan fingerprint density at radius 1 is 1.00 bits per heavy atom. The molecule has 0 radical (unpaired) electrons. The van der Waals surface area contributed by atoms with Gasteiger partial charge in [-0.15, -0.1) is 0 Å². The van der Waals surface area contributed by atoms with Crippen LogP contribution in [0.4, 0.5) is 9.59 Å². The molecule has 0 aromatic carbocycles. The van der Waals surface area contributed by atoms with Crippen molar-refractivity contribution in [3.8, 4) is 0 Å². The van der Waals surface area contributed by atoms with Gasteiger partial charge in [0.15, 0.2) is 0 Å². The Morgan fingerprint density at radius 2 is 1.44 bits per heavy atom. The first-order valence-electron chi connectivity index (χ1n) is 9.84. The second-order valence-corrected chi connectivity index (χ2v) is 10.0. The minimum Gasteiger partial charge on any atom is -0.444 e. The van der Waals surface area contributed by atoms with E-state index in [4.69, 9.17) is 15.2 Å². The lowest BCUT2D eigenvalue weighted by molar-refractivity contribution is 0.0439. The molecule has 1 unspecified atom stereocenters. The highest BCUT2D eigenvalue weighted by atomic mass is 16.6. The van der Waals surface area contributed by atoms with Crippen LogP contribution in [-0.2, 0) is 9.47 Å². The molecule has 158 valence electrons. The summed E-state index contributed by atoms with van der Waals surface area (Å²) >= 11 is 0. The predicted molar refractivity (Wildman–Crippen MR) is 106 cm³/mol. The Balaban J connectivity index is 2.71. The minimum absolute atomic E-state index is 0.00915. The minimum atomic E-state index is -0.551. The Labute approximate surface area is 164 Å². The molecule has 0 aliphatic heterocycles. The number of hydrogen-bond acceptors (Lipinski definition) is 5. The molecule has 0 aromatic rings. The average Bonchev–Trinajstić information content (AvgIpc) is 3.17. The molecule has 1 saturated carbocycles. The van der Waals surface area contributed by atoms with Gasteiger partial charge in [-0.2, -0.15) is 0 Å². The van der Waals surface area contributed by atoms with E-state index in [0.717, 1.165) is 12.8 Å². The van der Waals surface area contributed by atoms with Gasteiger partial charge in [0.05, 0.1) is 0 Å². The molecule has 2 amide bonds. The van der Waals surface area contributed by atoms with E-state index in [1.54, 1.807) is 0 Å². The van der Waals surface area contributed by atoms with Crippen LogP contribution in [0.5, 0.6) is 0 Å². The SMILES string of the molecule is C[C@@H](NC(=O)OC(C)(C)C)[C@H](CN)CC(NC(=O)OC(C)(C)C)C1(C)CC1. The number of carbonyl (C=O) groups is 2. The van der Waals surface area contributed by atoms with E-state index in [0.29, 0.717) is 13.0 Å². The van der Waals surface area contributed by atoms with Crippen LogP contribution in [-0.4, -0.2) is 42.0 Å². The van der Waals surface area contributed by atoms with E-state index < -0.39 is 23.4 Å². The van der Waals surface area contributed by atoms with E-state index in [-0.39, 0.29) is 23.4 Å². The lowest BCUT2D eigenvalue weighted by atomic mass is 9.86. The predicted octanol–water partition coefficient (Wildman–Crippen LogP) is 3.56. The molecule has 1 fully saturated rings. The van der Waals surface area contributed by atoms with Gasteiger partial charge >= 0.3 is 12.2 Å². The highest BCUT2D eigenvalue weighted by Gasteiger charge is 2.47. The number of nitrogens with one attached hydrogen (secondary N) is 2. The van der Waals surface area contributed by atoms with Crippen molar-refractivity contribution in [2.45, 2.75) is 97.9 Å². The fourth-order valence-electron chi connectivity index (χ4n) is 2.93. The van der Waals surface area contributed by atoms with Gasteiger partial charge in [-0.1, -0.05) is 6.92 Å². The maximum Gasteiger partial charge on any atom is 0.407 e. The maximum absolute atomic E-state index is 12.3. The summed E-state index contributed by atoms with van der Waals surface area (Å²) in [5.41, 5.74) is 4.94. The molecule has 1 aliphatic carbocycles. The maximum atomic E-state index is 12.3. The Morgan fingerprint density at radius 3 is 1.81 bits per heavy atom. The van der Waals surface area contributed by atoms with Crippen LogP contribution in [0.2, 0.25) is 0 Å². The van der Waals surface area contributed by atoms with Gasteiger partial charge in [0.25, 0.3) is 0 Å². The highest BCUT2D eigenvalue weighted by Crippen LogP contribution is 2.49. The number of rotatable bonds is 7. The summed E-state index contributed by atoms with van der Waals surface area (Å²) in [5, 5.41) is 5.90. The summed E-state index contributed by atoms with van der Waals surface area (Å²) in [6, 6.07) is -0.223. The summed E-state index contributed by atoms with van der Waals surface area (Å²) in [6.45, 7) is 15.5. The van der Waals surface area contributed by atoms with Crippen LogP contribution in [0.3, 0.4) is 0 Å². The van der Waals surface area contributed by atoms with E-state index in [9.17, 15) is 9.59 Å². The molecule has 7 nitrogen and oxygen atoms in total. The summed E-state index contributed by atoms with van der Waals surface area (Å²) in [4.78, 5) is 24.3. The second-order valence-electron chi connectivity index (χ2n) is 10.0. The molecule has 3 atom stereocenters. The third kappa shape index (κ3) is 8.82. The number of hydrogen-bond donors (Lipinski definition) is 3. The lowest BCUT2D eigenvalue weighted by Crippen LogP contribution is -2.49. The van der Waals surface area contributed by atoms with Crippen molar-refractivity contribution in [2.75, 3.05) is 6.54 Å². The van der Waals surface area contributed by atoms with E-state index >= 15 is 0 Å². The van der Waals surface area contributed by atoms with Crippen molar-refractivity contribution in [3.63, 3.8) is 0 Å². The standard InChI is InChI=1S/C20H39N3O4/c1-13(22-16(24)26-18(2,3)4)14(12-21)11-15(20(8)9-10-20)23-17(25)27-19(5,6)7/h13-15H,9-12,21H2,1-8H3,(H,22,24)(H,23,25)/t13-,14+,15?/m1/s1. The number of alkyl carbamates (subject to hydrolysis) is 2. The summed E-state index contributed by atoms with van der Waals surface area (Å²) in [5.74, 6) is 0.00915. The smallest absolute Gasteiger partial charge is 0.407 e. The fourth-order valence-corrected chi connectivity index (χ4v) is 2.93. The lowest BCUT2D eigenvalue weighted by Gasteiger charge is -2.32. The molecule has 7 heteroatoms. The van der Waals surface area contributed by atoms with Gasteiger partial charge in [-0.25, -0.2) is 9.59 Å². The molecular formula is C20H39N3O4. The molecule has 0 spiro atoms. The summed E-state index contributed by atoms with van der Waals surface area (Å²) in [6.07, 6.45) is 1.91. The monoisotopic (exact) mass is 385 g/mol. The van der Waals surface area contributed by atoms with Crippen molar-refractivity contribution in [1.29, 1.82) is 0 Å². The van der Waals surface area contributed by atoms with Crippen LogP contribution in [0.25, 0.3) is 0 Å². The van der Waals surface area contributed by atoms with Gasteiger partial charge in [-0.05, 0) is 85.6 Å². The molecule has 0 heterocycles. The topological polar surface area (TPSA) is 103 Å². The van der Waals surface area contributed by atoms with Crippen LogP contribution < -0.4 is 16.4 Å². The third-order valence-corrected chi connectivity index (χ3v) is 4.86. The van der Waals surface area contributed by atoms with Crippen molar-refractivity contribution in [2.24, 2.45) is 17.1 Å². The van der Waals surface area contributed by atoms with E-state index in [1.807, 2.05) is 48.5 Å². The van der Waals surface area contributed by atoms with Gasteiger partial charge in [-0.3, -0.25) is 0 Å². The number of carbonyl (C=O) groups excluding carboxylic acids is 2. The Hall–Kier alpha value is -1.50. The van der Waals surface area contributed by atoms with Crippen molar-refractivity contribution in [3.05, 3.63) is 0 Å². The largest absolute Gasteiger partial charge is 0.444 e.